The van der Waals surface area contributed by atoms with Gasteiger partial charge in [-0.15, -0.1) is 0 Å². The molecule has 1 N–H and O–H groups in total. The highest BCUT2D eigenvalue weighted by atomic mass is 127. The van der Waals surface area contributed by atoms with Crippen molar-refractivity contribution in [2.24, 2.45) is 0 Å². The van der Waals surface area contributed by atoms with Crippen molar-refractivity contribution >= 4 is 34.2 Å². The molecule has 22 heavy (non-hydrogen) atoms. The summed E-state index contributed by atoms with van der Waals surface area (Å²) in [5, 5.41) is 2.97. The minimum atomic E-state index is -0.557. The minimum Gasteiger partial charge on any atom is -0.481 e. The van der Waals surface area contributed by atoms with E-state index < -0.39 is 6.10 Å². The van der Waals surface area contributed by atoms with Crippen molar-refractivity contribution in [1.29, 1.82) is 0 Å². The van der Waals surface area contributed by atoms with E-state index in [9.17, 15) is 4.79 Å². The third-order valence-electron chi connectivity index (χ3n) is 3.40. The zero-order valence-electron chi connectivity index (χ0n) is 13.2. The van der Waals surface area contributed by atoms with Gasteiger partial charge < -0.3 is 10.1 Å². The summed E-state index contributed by atoms with van der Waals surface area (Å²) in [5.41, 5.74) is 4.18. The van der Waals surface area contributed by atoms with Gasteiger partial charge in [-0.25, -0.2) is 0 Å². The molecule has 0 spiro atoms. The van der Waals surface area contributed by atoms with E-state index in [1.54, 1.807) is 6.92 Å². The fourth-order valence-corrected chi connectivity index (χ4v) is 2.91. The zero-order valence-corrected chi connectivity index (χ0v) is 15.4. The number of hydrogen-bond donors (Lipinski definition) is 1. The molecule has 116 valence electrons. The number of amides is 1. The van der Waals surface area contributed by atoms with Gasteiger partial charge in [0.05, 0.1) is 0 Å². The normalized spacial score (nSPS) is 11.9. The van der Waals surface area contributed by atoms with Gasteiger partial charge in [-0.1, -0.05) is 23.8 Å². The molecule has 0 aromatic heterocycles. The van der Waals surface area contributed by atoms with Crippen molar-refractivity contribution in [3.63, 3.8) is 0 Å². The lowest BCUT2D eigenvalue weighted by atomic mass is 10.0. The largest absolute Gasteiger partial charge is 0.481 e. The Bertz CT molecular complexity index is 674. The minimum absolute atomic E-state index is 0.145. The van der Waals surface area contributed by atoms with Gasteiger partial charge in [-0.3, -0.25) is 4.79 Å². The predicted octanol–water partition coefficient (Wildman–Crippen LogP) is 4.62. The van der Waals surface area contributed by atoms with E-state index in [1.165, 1.54) is 5.56 Å². The average Bonchev–Trinajstić information content (AvgIpc) is 2.42. The maximum absolute atomic E-state index is 12.4. The summed E-state index contributed by atoms with van der Waals surface area (Å²) in [7, 11) is 0. The Hall–Kier alpha value is -1.56. The molecule has 0 saturated carbocycles. The Labute approximate surface area is 145 Å². The van der Waals surface area contributed by atoms with Gasteiger partial charge in [0.15, 0.2) is 6.10 Å². The molecule has 2 aromatic rings. The van der Waals surface area contributed by atoms with Crippen LogP contribution < -0.4 is 10.1 Å². The summed E-state index contributed by atoms with van der Waals surface area (Å²) in [4.78, 5) is 12.4. The number of halogens is 1. The van der Waals surface area contributed by atoms with Crippen molar-refractivity contribution in [2.75, 3.05) is 5.32 Å². The van der Waals surface area contributed by atoms with Crippen molar-refractivity contribution in [3.05, 3.63) is 56.7 Å². The highest BCUT2D eigenvalue weighted by Crippen LogP contribution is 2.23. The second kappa shape index (κ2) is 7.13. The molecule has 3 nitrogen and oxygen atoms in total. The van der Waals surface area contributed by atoms with Crippen LogP contribution in [0.4, 0.5) is 5.69 Å². The first-order valence-corrected chi connectivity index (χ1v) is 8.25. The first-order valence-electron chi connectivity index (χ1n) is 7.18. The van der Waals surface area contributed by atoms with Gasteiger partial charge in [0.1, 0.15) is 5.75 Å². The molecule has 1 amide bonds. The van der Waals surface area contributed by atoms with Crippen LogP contribution in [0.25, 0.3) is 0 Å². The van der Waals surface area contributed by atoms with Crippen LogP contribution in [0.1, 0.15) is 23.6 Å². The van der Waals surface area contributed by atoms with Crippen LogP contribution in [0.2, 0.25) is 0 Å². The molecule has 0 saturated heterocycles. The number of nitrogens with one attached hydrogen (secondary N) is 1. The second-order valence-corrected chi connectivity index (χ2v) is 6.73. The second-order valence-electron chi connectivity index (χ2n) is 5.48. The number of anilines is 1. The van der Waals surface area contributed by atoms with E-state index >= 15 is 0 Å². The van der Waals surface area contributed by atoms with Gasteiger partial charge in [0, 0.05) is 9.26 Å². The SMILES string of the molecule is Cc1cc(C)c(NC(=O)C(C)Oc2cccc(I)c2)c(C)c1. The molecule has 2 aromatic carbocycles. The number of hydrogen-bond acceptors (Lipinski definition) is 2. The van der Waals surface area contributed by atoms with E-state index in [4.69, 9.17) is 4.74 Å². The molecule has 0 aliphatic carbocycles. The number of ether oxygens (including phenoxy) is 1. The van der Waals surface area contributed by atoms with E-state index in [-0.39, 0.29) is 5.91 Å². The molecule has 1 unspecified atom stereocenters. The van der Waals surface area contributed by atoms with Crippen LogP contribution in [0, 0.1) is 24.3 Å². The van der Waals surface area contributed by atoms with Gasteiger partial charge in [0.2, 0.25) is 0 Å². The Balaban J connectivity index is 2.09. The molecule has 4 heteroatoms. The number of carbonyl (C=O) groups is 1. The highest BCUT2D eigenvalue weighted by molar-refractivity contribution is 14.1. The fourth-order valence-electron chi connectivity index (χ4n) is 2.40. The van der Waals surface area contributed by atoms with Crippen molar-refractivity contribution in [1.82, 2.24) is 0 Å². The third-order valence-corrected chi connectivity index (χ3v) is 4.07. The van der Waals surface area contributed by atoms with Gasteiger partial charge >= 0.3 is 0 Å². The molecule has 0 heterocycles. The quantitative estimate of drug-likeness (QED) is 0.749. The van der Waals surface area contributed by atoms with Crippen molar-refractivity contribution < 1.29 is 9.53 Å². The predicted molar refractivity (Wildman–Crippen MR) is 98.5 cm³/mol. The third kappa shape index (κ3) is 4.22. The Morgan fingerprint density at radius 1 is 1.14 bits per heavy atom. The van der Waals surface area contributed by atoms with Crippen molar-refractivity contribution in [3.8, 4) is 5.75 Å². The van der Waals surface area contributed by atoms with Crippen LogP contribution >= 0.6 is 22.6 Å². The molecule has 1 atom stereocenters. The monoisotopic (exact) mass is 409 g/mol. The van der Waals surface area contributed by atoms with E-state index in [0.29, 0.717) is 5.75 Å². The van der Waals surface area contributed by atoms with Gasteiger partial charge in [0.25, 0.3) is 5.91 Å². The molecule has 0 bridgehead atoms. The Kier molecular flexibility index (Phi) is 5.45. The van der Waals surface area contributed by atoms with Gasteiger partial charge in [-0.2, -0.15) is 0 Å². The average molecular weight is 409 g/mol. The van der Waals surface area contributed by atoms with E-state index in [1.807, 2.05) is 45.0 Å². The zero-order chi connectivity index (χ0) is 16.3. The first kappa shape index (κ1) is 16.8. The lowest BCUT2D eigenvalue weighted by Gasteiger charge is -2.17. The highest BCUT2D eigenvalue weighted by Gasteiger charge is 2.17. The number of rotatable bonds is 4. The van der Waals surface area contributed by atoms with Crippen LogP contribution in [0.3, 0.4) is 0 Å². The summed E-state index contributed by atoms with van der Waals surface area (Å²) in [6.07, 6.45) is -0.557. The molecule has 2 rings (SSSR count). The number of benzene rings is 2. The molecule has 0 aliphatic rings. The summed E-state index contributed by atoms with van der Waals surface area (Å²) in [5.74, 6) is 0.556. The summed E-state index contributed by atoms with van der Waals surface area (Å²) in [6.45, 7) is 7.81. The molecular weight excluding hydrogens is 389 g/mol. The summed E-state index contributed by atoms with van der Waals surface area (Å²) >= 11 is 2.22. The Morgan fingerprint density at radius 2 is 1.77 bits per heavy atom. The molecular formula is C18H20INO2. The van der Waals surface area contributed by atoms with E-state index in [0.717, 1.165) is 20.4 Å². The van der Waals surface area contributed by atoms with Crippen LogP contribution in [-0.2, 0) is 4.79 Å². The van der Waals surface area contributed by atoms with Crippen LogP contribution in [0.5, 0.6) is 5.75 Å². The maximum atomic E-state index is 12.4. The lowest BCUT2D eigenvalue weighted by molar-refractivity contribution is -0.122. The van der Waals surface area contributed by atoms with E-state index in [2.05, 4.69) is 40.0 Å². The maximum Gasteiger partial charge on any atom is 0.265 e. The lowest BCUT2D eigenvalue weighted by Crippen LogP contribution is -2.30. The van der Waals surface area contributed by atoms with Gasteiger partial charge in [-0.05, 0) is 79.6 Å². The number of carbonyl (C=O) groups excluding carboxylic acids is 1. The summed E-state index contributed by atoms with van der Waals surface area (Å²) in [6, 6.07) is 11.8. The summed E-state index contributed by atoms with van der Waals surface area (Å²) < 4.78 is 6.79. The molecule has 0 fully saturated rings. The van der Waals surface area contributed by atoms with Crippen LogP contribution in [-0.4, -0.2) is 12.0 Å². The first-order chi connectivity index (χ1) is 10.4. The van der Waals surface area contributed by atoms with Crippen molar-refractivity contribution in [2.45, 2.75) is 33.8 Å². The Morgan fingerprint density at radius 3 is 2.36 bits per heavy atom. The smallest absolute Gasteiger partial charge is 0.265 e. The molecule has 0 aliphatic heterocycles. The topological polar surface area (TPSA) is 38.3 Å². The van der Waals surface area contributed by atoms with Crippen LogP contribution in [0.15, 0.2) is 36.4 Å². The standard InChI is InChI=1S/C18H20INO2/c1-11-8-12(2)17(13(3)9-11)20-18(21)14(4)22-16-7-5-6-15(19)10-16/h5-10,14H,1-4H3,(H,20,21). The number of aryl methyl sites for hydroxylation is 3. The fraction of sp³-hybridized carbons (Fsp3) is 0.278. The molecule has 0 radical (unpaired) electrons.